The number of halogens is 3. The molecule has 0 fully saturated rings. The van der Waals surface area contributed by atoms with Gasteiger partial charge in [-0.25, -0.2) is 0 Å². The van der Waals surface area contributed by atoms with Gasteiger partial charge in [-0.3, -0.25) is 0 Å². The first-order chi connectivity index (χ1) is 10.5. The molecule has 1 aliphatic heterocycles. The standard InChI is InChI=1S/C17H14Cl3NO/c1-22-14-8-6-13(7-9-14)21-11-10-12-4-2-3-5-15(12)16(21)17(18,19)20/h2-11,16H,1H3. The van der Waals surface area contributed by atoms with Gasteiger partial charge >= 0.3 is 0 Å². The minimum absolute atomic E-state index is 0.396. The predicted octanol–water partition coefficient (Wildman–Crippen LogP) is 5.60. The summed E-state index contributed by atoms with van der Waals surface area (Å²) in [5, 5.41) is 0. The van der Waals surface area contributed by atoms with E-state index < -0.39 is 9.83 Å². The van der Waals surface area contributed by atoms with E-state index in [-0.39, 0.29) is 0 Å². The third-order valence-corrected chi connectivity index (χ3v) is 4.28. The van der Waals surface area contributed by atoms with Crippen LogP contribution >= 0.6 is 34.8 Å². The molecule has 0 bridgehead atoms. The van der Waals surface area contributed by atoms with Gasteiger partial charge in [-0.2, -0.15) is 0 Å². The van der Waals surface area contributed by atoms with Gasteiger partial charge in [-0.15, -0.1) is 0 Å². The topological polar surface area (TPSA) is 12.5 Å². The maximum absolute atomic E-state index is 6.27. The van der Waals surface area contributed by atoms with Crippen molar-refractivity contribution >= 4 is 46.6 Å². The Kier molecular flexibility index (Phi) is 4.26. The Morgan fingerprint density at radius 1 is 1.00 bits per heavy atom. The van der Waals surface area contributed by atoms with Crippen molar-refractivity contribution in [1.82, 2.24) is 0 Å². The van der Waals surface area contributed by atoms with Gasteiger partial charge in [0.25, 0.3) is 0 Å². The average molecular weight is 355 g/mol. The highest BCUT2D eigenvalue weighted by molar-refractivity contribution is 6.68. The van der Waals surface area contributed by atoms with Crippen LogP contribution in [0.2, 0.25) is 0 Å². The van der Waals surface area contributed by atoms with Crippen LogP contribution in [0.3, 0.4) is 0 Å². The highest BCUT2D eigenvalue weighted by Gasteiger charge is 2.40. The van der Waals surface area contributed by atoms with E-state index in [4.69, 9.17) is 39.5 Å². The van der Waals surface area contributed by atoms with Crippen LogP contribution in [-0.2, 0) is 0 Å². The van der Waals surface area contributed by atoms with Crippen molar-refractivity contribution in [2.45, 2.75) is 9.83 Å². The van der Waals surface area contributed by atoms with Crippen LogP contribution in [0.1, 0.15) is 17.2 Å². The quantitative estimate of drug-likeness (QED) is 0.651. The normalized spacial score (nSPS) is 17.3. The zero-order chi connectivity index (χ0) is 15.7. The second-order valence-electron chi connectivity index (χ2n) is 4.99. The minimum Gasteiger partial charge on any atom is -0.497 e. The number of hydrogen-bond acceptors (Lipinski definition) is 2. The van der Waals surface area contributed by atoms with E-state index in [0.29, 0.717) is 0 Å². The zero-order valence-corrected chi connectivity index (χ0v) is 14.1. The Labute approximate surface area is 144 Å². The van der Waals surface area contributed by atoms with Crippen LogP contribution in [0.5, 0.6) is 5.75 Å². The summed E-state index contributed by atoms with van der Waals surface area (Å²) in [6.07, 6.45) is 3.96. The van der Waals surface area contributed by atoms with Crippen LogP contribution in [0, 0.1) is 0 Å². The number of benzene rings is 2. The van der Waals surface area contributed by atoms with E-state index in [9.17, 15) is 0 Å². The second kappa shape index (κ2) is 6.04. The summed E-state index contributed by atoms with van der Waals surface area (Å²) in [5.74, 6) is 0.788. The number of alkyl halides is 3. The highest BCUT2D eigenvalue weighted by Crippen LogP contribution is 2.48. The molecule has 0 N–H and O–H groups in total. The van der Waals surface area contributed by atoms with Crippen LogP contribution in [-0.4, -0.2) is 10.9 Å². The number of methoxy groups -OCH3 is 1. The molecule has 2 aromatic carbocycles. The lowest BCUT2D eigenvalue weighted by atomic mass is 9.96. The first-order valence-corrected chi connectivity index (χ1v) is 7.90. The molecule has 114 valence electrons. The highest BCUT2D eigenvalue weighted by atomic mass is 35.6. The summed E-state index contributed by atoms with van der Waals surface area (Å²) in [6, 6.07) is 15.2. The van der Waals surface area contributed by atoms with Gasteiger partial charge in [0.1, 0.15) is 11.8 Å². The third kappa shape index (κ3) is 2.91. The maximum atomic E-state index is 6.27. The second-order valence-corrected chi connectivity index (χ2v) is 7.36. The Balaban J connectivity index is 2.07. The Bertz CT molecular complexity index is 692. The van der Waals surface area contributed by atoms with E-state index in [1.807, 2.05) is 65.7 Å². The van der Waals surface area contributed by atoms with Crippen molar-refractivity contribution in [2.24, 2.45) is 0 Å². The Hall–Kier alpha value is -1.35. The summed E-state index contributed by atoms with van der Waals surface area (Å²) in [4.78, 5) is 1.97. The molecule has 2 aromatic rings. The number of rotatable bonds is 2. The lowest BCUT2D eigenvalue weighted by Crippen LogP contribution is -2.35. The number of fused-ring (bicyclic) bond motifs is 1. The lowest BCUT2D eigenvalue weighted by molar-refractivity contribution is 0.415. The molecule has 0 radical (unpaired) electrons. The lowest BCUT2D eigenvalue weighted by Gasteiger charge is -2.38. The predicted molar refractivity (Wildman–Crippen MR) is 94.0 cm³/mol. The minimum atomic E-state index is -1.46. The first-order valence-electron chi connectivity index (χ1n) is 6.77. The summed E-state index contributed by atoms with van der Waals surface area (Å²) >= 11 is 18.8. The van der Waals surface area contributed by atoms with Crippen LogP contribution in [0.15, 0.2) is 54.7 Å². The molecule has 1 aliphatic rings. The van der Waals surface area contributed by atoms with Gasteiger partial charge in [0.15, 0.2) is 0 Å². The van der Waals surface area contributed by atoms with Gasteiger partial charge in [0.05, 0.1) is 7.11 Å². The molecule has 0 saturated carbocycles. The largest absolute Gasteiger partial charge is 0.497 e. The van der Waals surface area contributed by atoms with Gasteiger partial charge in [-0.1, -0.05) is 59.1 Å². The maximum Gasteiger partial charge on any atom is 0.215 e. The van der Waals surface area contributed by atoms with Crippen LogP contribution < -0.4 is 9.64 Å². The van der Waals surface area contributed by atoms with Gasteiger partial charge in [0, 0.05) is 11.9 Å². The summed E-state index contributed by atoms with van der Waals surface area (Å²) in [6.45, 7) is 0. The molecule has 5 heteroatoms. The van der Waals surface area contributed by atoms with E-state index in [2.05, 4.69) is 0 Å². The number of nitrogens with zero attached hydrogens (tertiary/aromatic N) is 1. The third-order valence-electron chi connectivity index (χ3n) is 3.66. The zero-order valence-electron chi connectivity index (χ0n) is 11.8. The smallest absolute Gasteiger partial charge is 0.215 e. The molecule has 0 saturated heterocycles. The van der Waals surface area contributed by atoms with Gasteiger partial charge in [0.2, 0.25) is 3.79 Å². The Morgan fingerprint density at radius 3 is 2.32 bits per heavy atom. The van der Waals surface area contributed by atoms with Crippen molar-refractivity contribution in [3.63, 3.8) is 0 Å². The van der Waals surface area contributed by atoms with Crippen LogP contribution in [0.25, 0.3) is 6.08 Å². The molecule has 2 nitrogen and oxygen atoms in total. The average Bonchev–Trinajstić information content (AvgIpc) is 2.53. The molecule has 0 amide bonds. The van der Waals surface area contributed by atoms with Gasteiger partial charge < -0.3 is 9.64 Å². The molecular formula is C17H14Cl3NO. The molecule has 1 atom stereocenters. The summed E-state index contributed by atoms with van der Waals surface area (Å²) in [5.41, 5.74) is 2.98. The number of ether oxygens (including phenoxy) is 1. The van der Waals surface area contributed by atoms with E-state index in [0.717, 1.165) is 22.6 Å². The fraction of sp³-hybridized carbons (Fsp3) is 0.176. The molecule has 0 aromatic heterocycles. The van der Waals surface area contributed by atoms with Crippen molar-refractivity contribution in [3.05, 3.63) is 65.9 Å². The molecule has 0 spiro atoms. The molecular weight excluding hydrogens is 341 g/mol. The van der Waals surface area contributed by atoms with E-state index in [1.54, 1.807) is 7.11 Å². The van der Waals surface area contributed by atoms with E-state index >= 15 is 0 Å². The fourth-order valence-corrected chi connectivity index (χ4v) is 3.30. The molecule has 1 unspecified atom stereocenters. The number of hydrogen-bond donors (Lipinski definition) is 0. The fourth-order valence-electron chi connectivity index (χ4n) is 2.63. The number of anilines is 1. The van der Waals surface area contributed by atoms with Crippen molar-refractivity contribution in [2.75, 3.05) is 12.0 Å². The summed E-state index contributed by atoms with van der Waals surface area (Å²) in [7, 11) is 1.64. The summed E-state index contributed by atoms with van der Waals surface area (Å²) < 4.78 is 3.73. The Morgan fingerprint density at radius 2 is 1.68 bits per heavy atom. The molecule has 0 aliphatic carbocycles. The SMILES string of the molecule is COc1ccc(N2C=Cc3ccccc3C2C(Cl)(Cl)Cl)cc1. The van der Waals surface area contributed by atoms with Gasteiger partial charge in [-0.05, 0) is 41.5 Å². The molecule has 3 rings (SSSR count). The van der Waals surface area contributed by atoms with Crippen molar-refractivity contribution in [1.29, 1.82) is 0 Å². The van der Waals surface area contributed by atoms with Crippen molar-refractivity contribution < 1.29 is 4.74 Å². The van der Waals surface area contributed by atoms with Crippen molar-refractivity contribution in [3.8, 4) is 5.75 Å². The first kappa shape index (κ1) is 15.5. The monoisotopic (exact) mass is 353 g/mol. The van der Waals surface area contributed by atoms with E-state index in [1.165, 1.54) is 0 Å². The molecule has 22 heavy (non-hydrogen) atoms. The molecule has 1 heterocycles. The van der Waals surface area contributed by atoms with Crippen LogP contribution in [0.4, 0.5) is 5.69 Å².